The number of carbonyl (C=O) groups excluding carboxylic acids is 1. The number of rotatable bonds is 5. The van der Waals surface area contributed by atoms with Crippen LogP contribution in [-0.4, -0.2) is 10.7 Å². The predicted octanol–water partition coefficient (Wildman–Crippen LogP) is 5.09. The highest BCUT2D eigenvalue weighted by atomic mass is 79.9. The topological polar surface area (TPSA) is 29.1 Å². The lowest BCUT2D eigenvalue weighted by Gasteiger charge is -2.14. The number of nitrogens with one attached hydrogen (secondary N) is 1. The molecular formula is C17H24BrNO. The maximum absolute atomic E-state index is 12.0. The Kier molecular flexibility index (Phi) is 5.64. The van der Waals surface area contributed by atoms with E-state index in [0.29, 0.717) is 5.92 Å². The maximum atomic E-state index is 12.0. The summed E-state index contributed by atoms with van der Waals surface area (Å²) in [7, 11) is 0. The van der Waals surface area contributed by atoms with Gasteiger partial charge in [-0.05, 0) is 48.8 Å². The largest absolute Gasteiger partial charge is 0.325 e. The van der Waals surface area contributed by atoms with Crippen molar-refractivity contribution < 1.29 is 4.79 Å². The van der Waals surface area contributed by atoms with E-state index in [-0.39, 0.29) is 10.7 Å². The Morgan fingerprint density at radius 1 is 1.25 bits per heavy atom. The zero-order valence-corrected chi connectivity index (χ0v) is 13.9. The second kappa shape index (κ2) is 7.26. The standard InChI is InChI=1S/C17H24BrNO/c1-12(2)11-16(18)17(20)19-15-9-7-14(8-10-15)13-5-3-4-6-13/h7-10,12-13,16H,3-6,11H2,1-2H3,(H,19,20). The van der Waals surface area contributed by atoms with E-state index in [0.717, 1.165) is 18.0 Å². The molecule has 110 valence electrons. The van der Waals surface area contributed by atoms with Crippen molar-refractivity contribution in [3.63, 3.8) is 0 Å². The summed E-state index contributed by atoms with van der Waals surface area (Å²) in [6.45, 7) is 4.25. The first-order valence-corrected chi connectivity index (χ1v) is 8.52. The summed E-state index contributed by atoms with van der Waals surface area (Å²) in [5.74, 6) is 1.28. The predicted molar refractivity (Wildman–Crippen MR) is 88.5 cm³/mol. The molecule has 1 unspecified atom stereocenters. The molecule has 0 saturated heterocycles. The van der Waals surface area contributed by atoms with Crippen molar-refractivity contribution in [1.29, 1.82) is 0 Å². The summed E-state index contributed by atoms with van der Waals surface area (Å²) >= 11 is 3.46. The third kappa shape index (κ3) is 4.34. The number of amides is 1. The molecule has 1 aromatic rings. The monoisotopic (exact) mass is 337 g/mol. The Hall–Kier alpha value is -0.830. The van der Waals surface area contributed by atoms with Crippen LogP contribution in [0, 0.1) is 5.92 Å². The van der Waals surface area contributed by atoms with Crippen LogP contribution < -0.4 is 5.32 Å². The zero-order valence-electron chi connectivity index (χ0n) is 12.4. The first kappa shape index (κ1) is 15.6. The molecule has 1 N–H and O–H groups in total. The highest BCUT2D eigenvalue weighted by Crippen LogP contribution is 2.34. The molecule has 0 bridgehead atoms. The molecule has 1 saturated carbocycles. The van der Waals surface area contributed by atoms with Gasteiger partial charge in [-0.3, -0.25) is 4.79 Å². The van der Waals surface area contributed by atoms with Gasteiger partial charge in [-0.1, -0.05) is 54.8 Å². The average Bonchev–Trinajstić information content (AvgIpc) is 2.92. The number of carbonyl (C=O) groups is 1. The van der Waals surface area contributed by atoms with Crippen LogP contribution in [0.2, 0.25) is 0 Å². The average molecular weight is 338 g/mol. The van der Waals surface area contributed by atoms with Crippen LogP contribution in [0.3, 0.4) is 0 Å². The third-order valence-electron chi connectivity index (χ3n) is 3.97. The van der Waals surface area contributed by atoms with Crippen molar-refractivity contribution in [2.24, 2.45) is 5.92 Å². The molecule has 1 aliphatic carbocycles. The van der Waals surface area contributed by atoms with Crippen molar-refractivity contribution in [3.05, 3.63) is 29.8 Å². The molecule has 0 aromatic heterocycles. The van der Waals surface area contributed by atoms with E-state index in [1.54, 1.807) is 0 Å². The van der Waals surface area contributed by atoms with Gasteiger partial charge in [0.25, 0.3) is 0 Å². The lowest BCUT2D eigenvalue weighted by molar-refractivity contribution is -0.115. The van der Waals surface area contributed by atoms with Gasteiger partial charge >= 0.3 is 0 Å². The Morgan fingerprint density at radius 2 is 1.85 bits per heavy atom. The lowest BCUT2D eigenvalue weighted by Crippen LogP contribution is -2.24. The van der Waals surface area contributed by atoms with Crippen LogP contribution >= 0.6 is 15.9 Å². The normalized spacial score (nSPS) is 17.4. The van der Waals surface area contributed by atoms with Gasteiger partial charge in [0.1, 0.15) is 0 Å². The molecule has 20 heavy (non-hydrogen) atoms. The third-order valence-corrected chi connectivity index (χ3v) is 4.76. The van der Waals surface area contributed by atoms with Crippen molar-refractivity contribution in [2.45, 2.75) is 56.7 Å². The van der Waals surface area contributed by atoms with Crippen molar-refractivity contribution in [3.8, 4) is 0 Å². The van der Waals surface area contributed by atoms with E-state index >= 15 is 0 Å². The Labute approximate surface area is 130 Å². The van der Waals surface area contributed by atoms with Crippen LogP contribution in [0.4, 0.5) is 5.69 Å². The lowest BCUT2D eigenvalue weighted by atomic mass is 9.97. The van der Waals surface area contributed by atoms with Gasteiger partial charge in [0.15, 0.2) is 0 Å². The molecule has 1 amide bonds. The number of hydrogen-bond acceptors (Lipinski definition) is 1. The molecule has 0 radical (unpaired) electrons. The molecule has 1 aromatic carbocycles. The van der Waals surface area contributed by atoms with Gasteiger partial charge in [-0.15, -0.1) is 0 Å². The molecule has 0 heterocycles. The minimum atomic E-state index is -0.114. The van der Waals surface area contributed by atoms with Gasteiger partial charge in [-0.2, -0.15) is 0 Å². The van der Waals surface area contributed by atoms with Crippen LogP contribution in [0.15, 0.2) is 24.3 Å². The van der Waals surface area contributed by atoms with Crippen molar-refractivity contribution in [2.75, 3.05) is 5.32 Å². The Bertz CT molecular complexity index is 435. The minimum Gasteiger partial charge on any atom is -0.325 e. The second-order valence-corrected chi connectivity index (χ2v) is 7.30. The fourth-order valence-corrected chi connectivity index (χ4v) is 3.70. The fourth-order valence-electron chi connectivity index (χ4n) is 2.84. The SMILES string of the molecule is CC(C)CC(Br)C(=O)Nc1ccc(C2CCCC2)cc1. The summed E-state index contributed by atoms with van der Waals surface area (Å²) < 4.78 is 0. The van der Waals surface area contributed by atoms with E-state index in [2.05, 4.69) is 47.2 Å². The van der Waals surface area contributed by atoms with Gasteiger partial charge in [-0.25, -0.2) is 0 Å². The first-order chi connectivity index (χ1) is 9.56. The summed E-state index contributed by atoms with van der Waals surface area (Å²) in [6.07, 6.45) is 6.17. The summed E-state index contributed by atoms with van der Waals surface area (Å²) in [5, 5.41) is 2.98. The van der Waals surface area contributed by atoms with Gasteiger partial charge in [0.05, 0.1) is 4.83 Å². The van der Waals surface area contributed by atoms with E-state index in [1.807, 2.05) is 12.1 Å². The number of halogens is 1. The smallest absolute Gasteiger partial charge is 0.238 e. The number of hydrogen-bond donors (Lipinski definition) is 1. The summed E-state index contributed by atoms with van der Waals surface area (Å²) in [4.78, 5) is 11.9. The summed E-state index contributed by atoms with van der Waals surface area (Å²) in [5.41, 5.74) is 2.31. The molecule has 1 aliphatic rings. The number of anilines is 1. The van der Waals surface area contributed by atoms with Gasteiger partial charge < -0.3 is 5.32 Å². The fraction of sp³-hybridized carbons (Fsp3) is 0.588. The van der Waals surface area contributed by atoms with E-state index < -0.39 is 0 Å². The molecule has 1 atom stereocenters. The van der Waals surface area contributed by atoms with E-state index in [1.165, 1.54) is 31.2 Å². The number of alkyl halides is 1. The van der Waals surface area contributed by atoms with E-state index in [9.17, 15) is 4.79 Å². The Balaban J connectivity index is 1.91. The first-order valence-electron chi connectivity index (χ1n) is 7.61. The highest BCUT2D eigenvalue weighted by Gasteiger charge is 2.18. The quantitative estimate of drug-likeness (QED) is 0.744. The van der Waals surface area contributed by atoms with Crippen molar-refractivity contribution in [1.82, 2.24) is 0 Å². The van der Waals surface area contributed by atoms with Crippen LogP contribution in [0.5, 0.6) is 0 Å². The maximum Gasteiger partial charge on any atom is 0.238 e. The highest BCUT2D eigenvalue weighted by molar-refractivity contribution is 9.10. The second-order valence-electron chi connectivity index (χ2n) is 6.19. The van der Waals surface area contributed by atoms with E-state index in [4.69, 9.17) is 0 Å². The Morgan fingerprint density at radius 3 is 2.40 bits per heavy atom. The zero-order chi connectivity index (χ0) is 14.5. The summed E-state index contributed by atoms with van der Waals surface area (Å²) in [6, 6.07) is 8.38. The molecule has 0 aliphatic heterocycles. The minimum absolute atomic E-state index is 0.0484. The molecule has 0 spiro atoms. The van der Waals surface area contributed by atoms with Gasteiger partial charge in [0, 0.05) is 5.69 Å². The molecule has 2 nitrogen and oxygen atoms in total. The molecule has 1 fully saturated rings. The molecular weight excluding hydrogens is 314 g/mol. The molecule has 2 rings (SSSR count). The van der Waals surface area contributed by atoms with Crippen LogP contribution in [0.1, 0.15) is 57.4 Å². The van der Waals surface area contributed by atoms with Crippen LogP contribution in [0.25, 0.3) is 0 Å². The van der Waals surface area contributed by atoms with Crippen molar-refractivity contribution >= 4 is 27.5 Å². The molecule has 3 heteroatoms. The van der Waals surface area contributed by atoms with Crippen LogP contribution in [-0.2, 0) is 4.79 Å². The van der Waals surface area contributed by atoms with Gasteiger partial charge in [0.2, 0.25) is 5.91 Å². The number of benzene rings is 1.